The minimum atomic E-state index is -0.0752. The highest BCUT2D eigenvalue weighted by Crippen LogP contribution is 2.25. The number of aryl methyl sites for hydroxylation is 1. The first-order valence-electron chi connectivity index (χ1n) is 7.81. The van der Waals surface area contributed by atoms with Crippen LogP contribution in [0.25, 0.3) is 10.9 Å². The maximum atomic E-state index is 12.9. The SMILES string of the molecule is C=C(/C=C\C)C(=C)Cn1ncc2c3c(n(C)c2c1=O)CNCC3. The summed E-state index contributed by atoms with van der Waals surface area (Å²) >= 11 is 0. The van der Waals surface area contributed by atoms with Crippen LogP contribution in [0.1, 0.15) is 18.2 Å². The Labute approximate surface area is 135 Å². The van der Waals surface area contributed by atoms with Gasteiger partial charge in [0.2, 0.25) is 0 Å². The van der Waals surface area contributed by atoms with Crippen molar-refractivity contribution in [1.29, 1.82) is 0 Å². The molecule has 2 aromatic rings. The van der Waals surface area contributed by atoms with Crippen LogP contribution in [-0.4, -0.2) is 20.9 Å². The molecule has 0 aliphatic carbocycles. The summed E-state index contributed by atoms with van der Waals surface area (Å²) < 4.78 is 3.47. The average Bonchev–Trinajstić information content (AvgIpc) is 2.84. The van der Waals surface area contributed by atoms with Crippen molar-refractivity contribution < 1.29 is 0 Å². The van der Waals surface area contributed by atoms with Crippen molar-refractivity contribution in [3.63, 3.8) is 0 Å². The number of aromatic nitrogens is 3. The third kappa shape index (κ3) is 2.57. The predicted molar refractivity (Wildman–Crippen MR) is 93.5 cm³/mol. The summed E-state index contributed by atoms with van der Waals surface area (Å²) in [6, 6.07) is 0. The Balaban J connectivity index is 2.06. The Morgan fingerprint density at radius 3 is 3.00 bits per heavy atom. The van der Waals surface area contributed by atoms with E-state index in [-0.39, 0.29) is 5.56 Å². The topological polar surface area (TPSA) is 51.9 Å². The summed E-state index contributed by atoms with van der Waals surface area (Å²) in [6.07, 6.45) is 6.54. The van der Waals surface area contributed by atoms with E-state index in [0.717, 1.165) is 41.6 Å². The molecule has 1 N–H and O–H groups in total. The highest BCUT2D eigenvalue weighted by Gasteiger charge is 2.21. The molecule has 0 spiro atoms. The van der Waals surface area contributed by atoms with Crippen LogP contribution in [0.15, 0.2) is 47.4 Å². The van der Waals surface area contributed by atoms with E-state index < -0.39 is 0 Å². The molecule has 23 heavy (non-hydrogen) atoms. The Kier molecular flexibility index (Phi) is 4.05. The van der Waals surface area contributed by atoms with E-state index in [1.807, 2.05) is 36.9 Å². The van der Waals surface area contributed by atoms with Crippen molar-refractivity contribution in [3.05, 3.63) is 64.3 Å². The highest BCUT2D eigenvalue weighted by atomic mass is 16.1. The van der Waals surface area contributed by atoms with Gasteiger partial charge in [-0.05, 0) is 36.6 Å². The number of allylic oxidation sites excluding steroid dienone is 4. The Morgan fingerprint density at radius 2 is 2.26 bits per heavy atom. The number of nitrogens with zero attached hydrogens (tertiary/aromatic N) is 3. The van der Waals surface area contributed by atoms with Gasteiger partial charge in [0.15, 0.2) is 0 Å². The number of rotatable bonds is 4. The standard InChI is InChI=1S/C18H22N4O/c1-5-6-12(2)13(3)11-22-18(23)17-15(9-20-22)14-7-8-19-10-16(14)21(17)4/h5-6,9,19H,2-3,7-8,10-11H2,1,4H3/b6-5-. The van der Waals surface area contributed by atoms with Crippen molar-refractivity contribution in [2.75, 3.05) is 6.54 Å². The molecule has 0 radical (unpaired) electrons. The van der Waals surface area contributed by atoms with Crippen molar-refractivity contribution in [1.82, 2.24) is 19.7 Å². The maximum Gasteiger partial charge on any atom is 0.291 e. The lowest BCUT2D eigenvalue weighted by Gasteiger charge is -2.14. The molecule has 2 aromatic heterocycles. The number of fused-ring (bicyclic) bond motifs is 3. The molecule has 0 saturated heterocycles. The molecule has 3 rings (SSSR count). The molecule has 1 aliphatic heterocycles. The molecule has 0 atom stereocenters. The molecule has 0 amide bonds. The third-order valence-electron chi connectivity index (χ3n) is 4.44. The molecule has 3 heterocycles. The Hall–Kier alpha value is -2.40. The van der Waals surface area contributed by atoms with Gasteiger partial charge in [-0.25, -0.2) is 4.68 Å². The molecule has 0 saturated carbocycles. The van der Waals surface area contributed by atoms with Crippen LogP contribution in [0.5, 0.6) is 0 Å². The zero-order valence-electron chi connectivity index (χ0n) is 13.7. The Morgan fingerprint density at radius 1 is 1.48 bits per heavy atom. The van der Waals surface area contributed by atoms with Crippen LogP contribution >= 0.6 is 0 Å². The van der Waals surface area contributed by atoms with Crippen molar-refractivity contribution in [2.45, 2.75) is 26.4 Å². The first-order chi connectivity index (χ1) is 11.0. The summed E-state index contributed by atoms with van der Waals surface area (Å²) in [5.74, 6) is 0. The van der Waals surface area contributed by atoms with E-state index in [1.54, 1.807) is 0 Å². The van der Waals surface area contributed by atoms with Crippen molar-refractivity contribution in [3.8, 4) is 0 Å². The lowest BCUT2D eigenvalue weighted by atomic mass is 10.1. The molecule has 5 nitrogen and oxygen atoms in total. The molecular weight excluding hydrogens is 288 g/mol. The Bertz CT molecular complexity index is 883. The van der Waals surface area contributed by atoms with Gasteiger partial charge < -0.3 is 9.88 Å². The van der Waals surface area contributed by atoms with Crippen molar-refractivity contribution >= 4 is 10.9 Å². The smallest absolute Gasteiger partial charge is 0.291 e. The summed E-state index contributed by atoms with van der Waals surface area (Å²) in [4.78, 5) is 12.9. The van der Waals surface area contributed by atoms with Gasteiger partial charge in [0.1, 0.15) is 5.52 Å². The second-order valence-corrected chi connectivity index (χ2v) is 5.91. The molecular formula is C18H22N4O. The fraction of sp³-hybridized carbons (Fsp3) is 0.333. The normalized spacial score (nSPS) is 14.3. The third-order valence-corrected chi connectivity index (χ3v) is 4.44. The second kappa shape index (κ2) is 6.01. The van der Waals surface area contributed by atoms with Crippen LogP contribution in [-0.2, 0) is 26.6 Å². The summed E-state index contributed by atoms with van der Waals surface area (Å²) in [5.41, 5.74) is 4.68. The first kappa shape index (κ1) is 15.5. The zero-order valence-corrected chi connectivity index (χ0v) is 13.7. The van der Waals surface area contributed by atoms with E-state index in [1.165, 1.54) is 15.9 Å². The summed E-state index contributed by atoms with van der Waals surface area (Å²) in [6.45, 7) is 12.0. The molecule has 0 bridgehead atoms. The molecule has 120 valence electrons. The maximum absolute atomic E-state index is 12.9. The first-order valence-corrected chi connectivity index (χ1v) is 7.81. The monoisotopic (exact) mass is 310 g/mol. The van der Waals surface area contributed by atoms with E-state index >= 15 is 0 Å². The zero-order chi connectivity index (χ0) is 16.6. The highest BCUT2D eigenvalue weighted by molar-refractivity contribution is 5.84. The van der Waals surface area contributed by atoms with E-state index in [4.69, 9.17) is 0 Å². The van der Waals surface area contributed by atoms with E-state index in [0.29, 0.717) is 6.54 Å². The van der Waals surface area contributed by atoms with Gasteiger partial charge in [0, 0.05) is 24.7 Å². The molecule has 0 aromatic carbocycles. The van der Waals surface area contributed by atoms with Crippen LogP contribution < -0.4 is 10.9 Å². The van der Waals surface area contributed by atoms with Crippen molar-refractivity contribution in [2.24, 2.45) is 7.05 Å². The lowest BCUT2D eigenvalue weighted by molar-refractivity contribution is 0.612. The molecule has 5 heteroatoms. The second-order valence-electron chi connectivity index (χ2n) is 5.91. The summed E-state index contributed by atoms with van der Waals surface area (Å²) in [5, 5.41) is 8.68. The van der Waals surface area contributed by atoms with Gasteiger partial charge in [0.05, 0.1) is 12.7 Å². The van der Waals surface area contributed by atoms with Gasteiger partial charge in [-0.2, -0.15) is 5.10 Å². The molecule has 0 unspecified atom stereocenters. The fourth-order valence-corrected chi connectivity index (χ4v) is 3.15. The quantitative estimate of drug-likeness (QED) is 0.880. The van der Waals surface area contributed by atoms with Gasteiger partial charge in [0.25, 0.3) is 5.56 Å². The molecule has 0 fully saturated rings. The number of nitrogens with one attached hydrogen (secondary N) is 1. The van der Waals surface area contributed by atoms with Gasteiger partial charge in [-0.15, -0.1) is 0 Å². The average molecular weight is 310 g/mol. The van der Waals surface area contributed by atoms with E-state index in [9.17, 15) is 4.79 Å². The van der Waals surface area contributed by atoms with E-state index in [2.05, 4.69) is 23.6 Å². The minimum Gasteiger partial charge on any atom is -0.342 e. The van der Waals surface area contributed by atoms with Gasteiger partial charge in [-0.3, -0.25) is 4.79 Å². The predicted octanol–water partition coefficient (Wildman–Crippen LogP) is 2.07. The fourth-order valence-electron chi connectivity index (χ4n) is 3.15. The van der Waals surface area contributed by atoms with Crippen LogP contribution in [0.4, 0.5) is 0 Å². The summed E-state index contributed by atoms with van der Waals surface area (Å²) in [7, 11) is 1.95. The minimum absolute atomic E-state index is 0.0752. The van der Waals surface area contributed by atoms with Gasteiger partial charge in [-0.1, -0.05) is 25.3 Å². The van der Waals surface area contributed by atoms with Crippen LogP contribution in [0, 0.1) is 0 Å². The van der Waals surface area contributed by atoms with Crippen LogP contribution in [0.2, 0.25) is 0 Å². The number of hydrogen-bond acceptors (Lipinski definition) is 3. The van der Waals surface area contributed by atoms with Gasteiger partial charge >= 0.3 is 0 Å². The lowest BCUT2D eigenvalue weighted by Crippen LogP contribution is -2.25. The molecule has 1 aliphatic rings. The number of hydrogen-bond donors (Lipinski definition) is 1. The largest absolute Gasteiger partial charge is 0.342 e. The van der Waals surface area contributed by atoms with Crippen LogP contribution in [0.3, 0.4) is 0 Å².